The van der Waals surface area contributed by atoms with Gasteiger partial charge in [-0.05, 0) is 43.9 Å². The molecule has 1 saturated carbocycles. The number of morpholine rings is 1. The Bertz CT molecular complexity index is 911. The van der Waals surface area contributed by atoms with E-state index in [1.807, 2.05) is 4.90 Å². The van der Waals surface area contributed by atoms with Gasteiger partial charge >= 0.3 is 6.18 Å². The molecule has 0 aromatic heterocycles. The van der Waals surface area contributed by atoms with Crippen molar-refractivity contribution in [2.75, 3.05) is 51.8 Å². The second kappa shape index (κ2) is 8.95. The number of alkyl halides is 3. The van der Waals surface area contributed by atoms with Crippen molar-refractivity contribution in [1.29, 1.82) is 0 Å². The molecule has 11 heteroatoms. The van der Waals surface area contributed by atoms with E-state index in [0.29, 0.717) is 32.0 Å². The van der Waals surface area contributed by atoms with E-state index < -0.39 is 34.7 Å². The first-order chi connectivity index (χ1) is 14.4. The fraction of sp³-hybridized carbons (Fsp3) is 0.650. The molecule has 1 amide bonds. The van der Waals surface area contributed by atoms with Crippen LogP contribution in [0.3, 0.4) is 0 Å². The largest absolute Gasteiger partial charge is 0.406 e. The number of nitrogens with zero attached hydrogens (tertiary/aromatic N) is 3. The van der Waals surface area contributed by atoms with Gasteiger partial charge in [0.15, 0.2) is 0 Å². The summed E-state index contributed by atoms with van der Waals surface area (Å²) in [6, 6.07) is 3.49. The zero-order chi connectivity index (χ0) is 23.0. The van der Waals surface area contributed by atoms with Gasteiger partial charge < -0.3 is 14.5 Å². The van der Waals surface area contributed by atoms with Gasteiger partial charge in [-0.1, -0.05) is 0 Å². The average molecular weight is 464 g/mol. The summed E-state index contributed by atoms with van der Waals surface area (Å²) >= 11 is 0. The summed E-state index contributed by atoms with van der Waals surface area (Å²) in [5, 5.41) is 0. The van der Waals surface area contributed by atoms with Crippen LogP contribution in [0, 0.1) is 5.92 Å². The molecule has 1 aliphatic heterocycles. The lowest BCUT2D eigenvalue weighted by Crippen LogP contribution is -2.46. The first kappa shape index (κ1) is 23.8. The minimum atomic E-state index is -4.56. The van der Waals surface area contributed by atoms with Crippen LogP contribution in [0.5, 0.6) is 0 Å². The molecule has 1 heterocycles. The fourth-order valence-corrected chi connectivity index (χ4v) is 4.65. The number of carbonyl (C=O) groups is 1. The van der Waals surface area contributed by atoms with Crippen molar-refractivity contribution in [3.8, 4) is 0 Å². The zero-order valence-electron chi connectivity index (χ0n) is 17.9. The predicted octanol–water partition coefficient (Wildman–Crippen LogP) is 2.58. The molecule has 0 spiro atoms. The lowest BCUT2D eigenvalue weighted by molar-refractivity contribution is -0.144. The highest BCUT2D eigenvalue weighted by atomic mass is 32.2. The molecule has 3 rings (SSSR count). The van der Waals surface area contributed by atoms with E-state index in [9.17, 15) is 26.4 Å². The molecule has 1 aliphatic carbocycles. The van der Waals surface area contributed by atoms with Gasteiger partial charge in [0.25, 0.3) is 5.91 Å². The van der Waals surface area contributed by atoms with Gasteiger partial charge in [0.05, 0.1) is 23.7 Å². The summed E-state index contributed by atoms with van der Waals surface area (Å²) in [4.78, 5) is 16.0. The molecule has 1 saturated heterocycles. The number of carbonyl (C=O) groups excluding carboxylic acids is 1. The van der Waals surface area contributed by atoms with Crippen molar-refractivity contribution in [3.05, 3.63) is 23.8 Å². The van der Waals surface area contributed by atoms with Gasteiger partial charge in [0.2, 0.25) is 10.0 Å². The van der Waals surface area contributed by atoms with Gasteiger partial charge in [0.1, 0.15) is 6.54 Å². The number of amides is 1. The molecule has 2 fully saturated rings. The van der Waals surface area contributed by atoms with Crippen LogP contribution in [-0.4, -0.2) is 82.7 Å². The molecule has 0 radical (unpaired) electrons. The van der Waals surface area contributed by atoms with E-state index >= 15 is 0 Å². The minimum Gasteiger partial charge on any atom is -0.378 e. The summed E-state index contributed by atoms with van der Waals surface area (Å²) in [7, 11) is -1.15. The molecule has 1 atom stereocenters. The molecule has 7 nitrogen and oxygen atoms in total. The number of anilines is 1. The van der Waals surface area contributed by atoms with Gasteiger partial charge in [-0.25, -0.2) is 12.7 Å². The summed E-state index contributed by atoms with van der Waals surface area (Å²) in [5.41, 5.74) is 0.378. The standard InChI is InChI=1S/C20H28F3N3O4S/c1-14(15-4-5-15)26(13-20(21,22)23)19(27)17-12-16(31(28,29)24(2)3)6-7-18(17)25-8-10-30-11-9-25/h6-7,12,14-15H,4-5,8-11,13H2,1-3H3. The zero-order valence-corrected chi connectivity index (χ0v) is 18.7. The van der Waals surface area contributed by atoms with Crippen LogP contribution in [0.15, 0.2) is 23.1 Å². The monoisotopic (exact) mass is 463 g/mol. The second-order valence-electron chi connectivity index (χ2n) is 8.19. The van der Waals surface area contributed by atoms with Crippen LogP contribution >= 0.6 is 0 Å². The first-order valence-corrected chi connectivity index (χ1v) is 11.6. The number of benzene rings is 1. The number of hydrogen-bond donors (Lipinski definition) is 0. The lowest BCUT2D eigenvalue weighted by Gasteiger charge is -2.34. The summed E-state index contributed by atoms with van der Waals surface area (Å²) < 4.78 is 71.6. The Morgan fingerprint density at radius 2 is 1.84 bits per heavy atom. The normalized spacial score (nSPS) is 18.9. The number of rotatable bonds is 7. The van der Waals surface area contributed by atoms with E-state index in [-0.39, 0.29) is 16.4 Å². The first-order valence-electron chi connectivity index (χ1n) is 10.2. The van der Waals surface area contributed by atoms with E-state index in [0.717, 1.165) is 22.0 Å². The Kier molecular flexibility index (Phi) is 6.87. The highest BCUT2D eigenvalue weighted by Gasteiger charge is 2.41. The maximum atomic E-state index is 13.5. The van der Waals surface area contributed by atoms with Gasteiger partial charge in [-0.15, -0.1) is 0 Å². The number of hydrogen-bond acceptors (Lipinski definition) is 5. The number of halogens is 3. The second-order valence-corrected chi connectivity index (χ2v) is 10.3. The Hall–Kier alpha value is -1.85. The van der Waals surface area contributed by atoms with E-state index in [1.165, 1.54) is 32.3 Å². The highest BCUT2D eigenvalue weighted by Crippen LogP contribution is 2.38. The average Bonchev–Trinajstić information content (AvgIpc) is 3.56. The van der Waals surface area contributed by atoms with Crippen LogP contribution in [-0.2, 0) is 14.8 Å². The van der Waals surface area contributed by atoms with Crippen molar-refractivity contribution in [2.24, 2.45) is 5.92 Å². The maximum absolute atomic E-state index is 13.5. The molecular formula is C20H28F3N3O4S. The topological polar surface area (TPSA) is 70.2 Å². The van der Waals surface area contributed by atoms with Crippen molar-refractivity contribution in [1.82, 2.24) is 9.21 Å². The molecule has 0 bridgehead atoms. The predicted molar refractivity (Wildman–Crippen MR) is 110 cm³/mol. The van der Waals surface area contributed by atoms with Crippen molar-refractivity contribution < 1.29 is 31.1 Å². The van der Waals surface area contributed by atoms with Crippen LogP contribution < -0.4 is 4.90 Å². The Morgan fingerprint density at radius 1 is 1.23 bits per heavy atom. The molecule has 174 valence electrons. The molecule has 1 unspecified atom stereocenters. The van der Waals surface area contributed by atoms with E-state index in [4.69, 9.17) is 4.74 Å². The number of ether oxygens (including phenoxy) is 1. The van der Waals surface area contributed by atoms with Gasteiger partial charge in [0, 0.05) is 38.9 Å². The van der Waals surface area contributed by atoms with Crippen molar-refractivity contribution >= 4 is 21.6 Å². The van der Waals surface area contributed by atoms with Crippen molar-refractivity contribution in [3.63, 3.8) is 0 Å². The van der Waals surface area contributed by atoms with Crippen LogP contribution in [0.25, 0.3) is 0 Å². The third-order valence-corrected chi connectivity index (χ3v) is 7.55. The minimum absolute atomic E-state index is 0.0202. The van der Waals surface area contributed by atoms with Gasteiger partial charge in [-0.2, -0.15) is 13.2 Å². The van der Waals surface area contributed by atoms with Gasteiger partial charge in [-0.3, -0.25) is 4.79 Å². The lowest BCUT2D eigenvalue weighted by atomic mass is 10.1. The summed E-state index contributed by atoms with van der Waals surface area (Å²) in [5.74, 6) is -0.791. The Labute approximate surface area is 180 Å². The Balaban J connectivity index is 2.08. The van der Waals surface area contributed by atoms with E-state index in [1.54, 1.807) is 6.92 Å². The smallest absolute Gasteiger partial charge is 0.378 e. The van der Waals surface area contributed by atoms with Crippen molar-refractivity contribution in [2.45, 2.75) is 36.9 Å². The van der Waals surface area contributed by atoms with Crippen LogP contribution in [0.4, 0.5) is 18.9 Å². The Morgan fingerprint density at radius 3 is 2.35 bits per heavy atom. The number of sulfonamides is 1. The molecule has 2 aliphatic rings. The molecular weight excluding hydrogens is 435 g/mol. The van der Waals surface area contributed by atoms with Crippen LogP contribution in [0.2, 0.25) is 0 Å². The maximum Gasteiger partial charge on any atom is 0.406 e. The molecule has 0 N–H and O–H groups in total. The highest BCUT2D eigenvalue weighted by molar-refractivity contribution is 7.89. The fourth-order valence-electron chi connectivity index (χ4n) is 3.72. The third kappa shape index (κ3) is 5.50. The molecule has 1 aromatic rings. The molecule has 1 aromatic carbocycles. The third-order valence-electron chi connectivity index (χ3n) is 5.74. The van der Waals surface area contributed by atoms with Crippen LogP contribution in [0.1, 0.15) is 30.1 Å². The van der Waals surface area contributed by atoms with E-state index in [2.05, 4.69) is 0 Å². The summed E-state index contributed by atoms with van der Waals surface area (Å²) in [6.45, 7) is 1.98. The molecule has 31 heavy (non-hydrogen) atoms. The summed E-state index contributed by atoms with van der Waals surface area (Å²) in [6.07, 6.45) is -3.02. The quantitative estimate of drug-likeness (QED) is 0.622. The SMILES string of the molecule is CC(C1CC1)N(CC(F)(F)F)C(=O)c1cc(S(=O)(=O)N(C)C)ccc1N1CCOCC1.